The van der Waals surface area contributed by atoms with Crippen LogP contribution in [-0.4, -0.2) is 34.7 Å². The van der Waals surface area contributed by atoms with E-state index in [0.717, 1.165) is 46.3 Å². The van der Waals surface area contributed by atoms with Crippen molar-refractivity contribution in [3.05, 3.63) is 87.6 Å². The molecule has 0 atom stereocenters. The summed E-state index contributed by atoms with van der Waals surface area (Å²) in [6.45, 7) is 11.8. The molecule has 1 aliphatic carbocycles. The van der Waals surface area contributed by atoms with Gasteiger partial charge in [-0.25, -0.2) is 0 Å². The first kappa shape index (κ1) is 27.2. The number of carbonyl (C=O) groups excluding carboxylic acids is 2. The number of benzene rings is 2. The zero-order valence-electron chi connectivity index (χ0n) is 23.6. The third-order valence-electron chi connectivity index (χ3n) is 8.20. The number of hydrogen-bond donors (Lipinski definition) is 0. The Kier molecular flexibility index (Phi) is 7.19. The molecule has 5 nitrogen and oxygen atoms in total. The Labute approximate surface area is 235 Å². The molecule has 1 aromatic heterocycles. The summed E-state index contributed by atoms with van der Waals surface area (Å²) in [6.07, 6.45) is 6.37. The molecule has 2 heterocycles. The second kappa shape index (κ2) is 10.3. The molecule has 0 radical (unpaired) electrons. The Balaban J connectivity index is 1.48. The summed E-state index contributed by atoms with van der Waals surface area (Å²) in [4.78, 5) is 31.9. The first-order valence-electron chi connectivity index (χ1n) is 13.5. The third kappa shape index (κ3) is 5.27. The average Bonchev–Trinajstić information content (AvgIpc) is 3.17. The second-order valence-electron chi connectivity index (χ2n) is 11.8. The highest BCUT2D eigenvalue weighted by molar-refractivity contribution is 8.18. The van der Waals surface area contributed by atoms with Crippen LogP contribution in [-0.2, 0) is 22.0 Å². The predicted octanol–water partition coefficient (Wildman–Crippen LogP) is 7.69. The molecule has 0 bridgehead atoms. The van der Waals surface area contributed by atoms with Crippen molar-refractivity contribution in [3.63, 3.8) is 0 Å². The normalized spacial score (nSPS) is 18.9. The van der Waals surface area contributed by atoms with Gasteiger partial charge in [0.15, 0.2) is 0 Å². The molecule has 0 saturated carbocycles. The number of imide groups is 1. The van der Waals surface area contributed by atoms with Gasteiger partial charge in [0.2, 0.25) is 0 Å². The molecule has 0 spiro atoms. The molecule has 2 aromatic carbocycles. The first-order valence-corrected chi connectivity index (χ1v) is 14.3. The van der Waals surface area contributed by atoms with Gasteiger partial charge in [0, 0.05) is 30.4 Å². The zero-order valence-corrected chi connectivity index (χ0v) is 24.4. The van der Waals surface area contributed by atoms with Gasteiger partial charge in [0.05, 0.1) is 12.0 Å². The van der Waals surface area contributed by atoms with Crippen LogP contribution in [0.15, 0.2) is 59.6 Å². The second-order valence-corrected chi connectivity index (χ2v) is 12.8. The highest BCUT2D eigenvalue weighted by atomic mass is 32.2. The molecule has 5 rings (SSSR count). The summed E-state index contributed by atoms with van der Waals surface area (Å²) in [6, 6.07) is 16.3. The minimum Gasteiger partial charge on any atom is -0.496 e. The van der Waals surface area contributed by atoms with Crippen LogP contribution in [0.4, 0.5) is 4.79 Å². The van der Waals surface area contributed by atoms with Crippen molar-refractivity contribution >= 4 is 29.0 Å². The van der Waals surface area contributed by atoms with E-state index >= 15 is 0 Å². The molecule has 202 valence electrons. The fourth-order valence-electron chi connectivity index (χ4n) is 5.65. The summed E-state index contributed by atoms with van der Waals surface area (Å²) >= 11 is 0.992. The summed E-state index contributed by atoms with van der Waals surface area (Å²) in [7, 11) is 1.69. The van der Waals surface area contributed by atoms with E-state index in [1.54, 1.807) is 13.3 Å². The van der Waals surface area contributed by atoms with E-state index in [0.29, 0.717) is 17.9 Å². The molecule has 0 N–H and O–H groups in total. The van der Waals surface area contributed by atoms with Crippen molar-refractivity contribution in [2.75, 3.05) is 13.7 Å². The van der Waals surface area contributed by atoms with Crippen LogP contribution in [0.2, 0.25) is 0 Å². The van der Waals surface area contributed by atoms with Crippen molar-refractivity contribution < 1.29 is 14.3 Å². The Morgan fingerprint density at radius 2 is 1.69 bits per heavy atom. The van der Waals surface area contributed by atoms with E-state index < -0.39 is 0 Å². The van der Waals surface area contributed by atoms with Gasteiger partial charge in [-0.15, -0.1) is 0 Å². The molecule has 3 aromatic rings. The van der Waals surface area contributed by atoms with E-state index in [1.807, 2.05) is 36.4 Å². The van der Waals surface area contributed by atoms with Crippen molar-refractivity contribution in [1.29, 1.82) is 0 Å². The molecular formula is C33H36N2O3S. The van der Waals surface area contributed by atoms with Crippen LogP contribution in [0.5, 0.6) is 5.75 Å². The van der Waals surface area contributed by atoms with Gasteiger partial charge in [0.1, 0.15) is 5.75 Å². The fourth-order valence-corrected chi connectivity index (χ4v) is 6.52. The Morgan fingerprint density at radius 1 is 0.974 bits per heavy atom. The minimum absolute atomic E-state index is 0.0894. The van der Waals surface area contributed by atoms with Gasteiger partial charge in [-0.1, -0.05) is 45.9 Å². The Bertz CT molecular complexity index is 1470. The number of rotatable bonds is 6. The lowest BCUT2D eigenvalue weighted by atomic mass is 9.62. The summed E-state index contributed by atoms with van der Waals surface area (Å²) in [5.74, 6) is 0.527. The van der Waals surface area contributed by atoms with Crippen LogP contribution >= 0.6 is 11.8 Å². The standard InChI is InChI=1S/C33H36N2O3S/c1-21-17-26-27(33(4,5)14-13-32(26,2)3)20-24(21)25-18-22(10-11-28(25)38-6)19-29-30(36)35(31(37)39-29)16-12-23-9-7-8-15-34-23/h7-11,15,17-20H,12-14,16H2,1-6H3/b29-19+. The molecule has 0 unspecified atom stereocenters. The Morgan fingerprint density at radius 3 is 2.36 bits per heavy atom. The SMILES string of the molecule is COc1ccc(/C=C2/SC(=O)N(CCc3ccccn3)C2=O)cc1-c1cc2c(cc1C)C(C)(C)CCC2(C)C. The van der Waals surface area contributed by atoms with Gasteiger partial charge in [-0.05, 0) is 107 Å². The van der Waals surface area contributed by atoms with E-state index in [4.69, 9.17) is 4.74 Å². The van der Waals surface area contributed by atoms with Crippen molar-refractivity contribution in [1.82, 2.24) is 9.88 Å². The molecule has 39 heavy (non-hydrogen) atoms. The molecule has 1 aliphatic heterocycles. The fraction of sp³-hybridized carbons (Fsp3) is 0.364. The first-order chi connectivity index (χ1) is 18.5. The summed E-state index contributed by atoms with van der Waals surface area (Å²) in [5, 5.41) is -0.244. The number of aromatic nitrogens is 1. The van der Waals surface area contributed by atoms with Gasteiger partial charge in [-0.3, -0.25) is 19.5 Å². The number of ether oxygens (including phenoxy) is 1. The van der Waals surface area contributed by atoms with Gasteiger partial charge < -0.3 is 4.74 Å². The maximum Gasteiger partial charge on any atom is 0.293 e. The molecule has 2 amide bonds. The minimum atomic E-state index is -0.257. The van der Waals surface area contributed by atoms with Crippen molar-refractivity contribution in [2.45, 2.75) is 64.7 Å². The third-order valence-corrected chi connectivity index (χ3v) is 9.11. The topological polar surface area (TPSA) is 59.5 Å². The number of aryl methyl sites for hydroxylation is 1. The number of fused-ring (bicyclic) bond motifs is 1. The number of methoxy groups -OCH3 is 1. The predicted molar refractivity (Wildman–Crippen MR) is 159 cm³/mol. The van der Waals surface area contributed by atoms with Crippen LogP contribution < -0.4 is 4.74 Å². The van der Waals surface area contributed by atoms with Crippen LogP contribution in [0.1, 0.15) is 68.5 Å². The smallest absolute Gasteiger partial charge is 0.293 e. The van der Waals surface area contributed by atoms with Crippen LogP contribution in [0.25, 0.3) is 17.2 Å². The molecule has 1 fully saturated rings. The number of carbonyl (C=O) groups is 2. The molecule has 1 saturated heterocycles. The lowest BCUT2D eigenvalue weighted by Gasteiger charge is -2.42. The summed E-state index contributed by atoms with van der Waals surface area (Å²) < 4.78 is 5.78. The number of pyridine rings is 1. The van der Waals surface area contributed by atoms with Gasteiger partial charge in [-0.2, -0.15) is 0 Å². The van der Waals surface area contributed by atoms with E-state index in [-0.39, 0.29) is 22.0 Å². The van der Waals surface area contributed by atoms with Crippen LogP contribution in [0, 0.1) is 6.92 Å². The lowest BCUT2D eigenvalue weighted by molar-refractivity contribution is -0.122. The van der Waals surface area contributed by atoms with Crippen LogP contribution in [0.3, 0.4) is 0 Å². The summed E-state index contributed by atoms with van der Waals surface area (Å²) in [5.41, 5.74) is 8.08. The largest absolute Gasteiger partial charge is 0.496 e. The number of hydrogen-bond acceptors (Lipinski definition) is 5. The highest BCUT2D eigenvalue weighted by Gasteiger charge is 2.38. The molecule has 2 aliphatic rings. The van der Waals surface area contributed by atoms with Gasteiger partial charge >= 0.3 is 0 Å². The van der Waals surface area contributed by atoms with Crippen molar-refractivity contribution in [3.8, 4) is 16.9 Å². The zero-order chi connectivity index (χ0) is 27.9. The number of amides is 2. The quantitative estimate of drug-likeness (QED) is 0.300. The number of nitrogens with zero attached hydrogens (tertiary/aromatic N) is 2. The molecule has 6 heteroatoms. The Hall–Kier alpha value is -3.38. The maximum absolute atomic E-state index is 13.1. The maximum atomic E-state index is 13.1. The van der Waals surface area contributed by atoms with E-state index in [2.05, 4.69) is 57.8 Å². The molecular weight excluding hydrogens is 504 g/mol. The monoisotopic (exact) mass is 540 g/mol. The van der Waals surface area contributed by atoms with E-state index in [1.165, 1.54) is 28.0 Å². The highest BCUT2D eigenvalue weighted by Crippen LogP contribution is 2.48. The average molecular weight is 541 g/mol. The lowest BCUT2D eigenvalue weighted by Crippen LogP contribution is -2.34. The van der Waals surface area contributed by atoms with Crippen molar-refractivity contribution in [2.24, 2.45) is 0 Å². The van der Waals surface area contributed by atoms with E-state index in [9.17, 15) is 9.59 Å². The van der Waals surface area contributed by atoms with Gasteiger partial charge in [0.25, 0.3) is 11.1 Å². The number of thioether (sulfide) groups is 1.